The molecule has 1 aromatic rings. The minimum absolute atomic E-state index is 0.000485. The van der Waals surface area contributed by atoms with Crippen molar-refractivity contribution in [2.24, 2.45) is 28.4 Å². The van der Waals surface area contributed by atoms with E-state index in [9.17, 15) is 4.79 Å². The number of unbranched alkanes of at least 4 members (excludes halogenated alkanes) is 1. The molecule has 1 heterocycles. The third kappa shape index (κ3) is 3.39. The molecule has 1 saturated heterocycles. The zero-order chi connectivity index (χ0) is 21.9. The molecule has 0 aromatic heterocycles. The summed E-state index contributed by atoms with van der Waals surface area (Å²) in [6.45, 7) is 8.37. The number of nitrogens with two attached hydrogens (primary N) is 1. The third-order valence-electron chi connectivity index (χ3n) is 9.28. The Kier molecular flexibility index (Phi) is 5.12. The van der Waals surface area contributed by atoms with Crippen LogP contribution in [-0.4, -0.2) is 29.9 Å². The molecule has 2 N–H and O–H groups in total. The van der Waals surface area contributed by atoms with E-state index in [4.69, 9.17) is 5.73 Å². The molecule has 3 atom stereocenters. The summed E-state index contributed by atoms with van der Waals surface area (Å²) in [6, 6.07) is 11.3. The van der Waals surface area contributed by atoms with E-state index in [1.165, 1.54) is 31.2 Å². The first-order valence-electron chi connectivity index (χ1n) is 12.6. The highest BCUT2D eigenvalue weighted by atomic mass is 16.2. The van der Waals surface area contributed by atoms with Gasteiger partial charge in [-0.05, 0) is 73.2 Å². The van der Waals surface area contributed by atoms with Crippen LogP contribution in [0.4, 0.5) is 0 Å². The van der Waals surface area contributed by atoms with Crippen molar-refractivity contribution in [3.8, 4) is 0 Å². The highest BCUT2D eigenvalue weighted by molar-refractivity contribution is 5.84. The predicted molar refractivity (Wildman–Crippen MR) is 127 cm³/mol. The number of likely N-dealkylation sites (tertiary alicyclic amines) is 1. The van der Waals surface area contributed by atoms with Gasteiger partial charge in [-0.25, -0.2) is 0 Å². The van der Waals surface area contributed by atoms with E-state index in [2.05, 4.69) is 62.1 Å². The van der Waals surface area contributed by atoms with Crippen LogP contribution < -0.4 is 5.73 Å². The van der Waals surface area contributed by atoms with Gasteiger partial charge in [0, 0.05) is 19.1 Å². The second kappa shape index (κ2) is 7.47. The molecule has 6 rings (SSSR count). The standard InChI is InChI=1S/C28H40N2O/c1-4-5-11-23-20-14-27(22-9-7-6-8-10-22)15-21(23)17-28(16-20,18-27)25(31)30-13-12-24(29)26(2,3)19-30/h6-11,20-21,24H,4-5,12-19,29H2,1-3H3/t20?,21?,24-,27?,28?/m0/s1. The van der Waals surface area contributed by atoms with Crippen molar-refractivity contribution >= 4 is 5.91 Å². The topological polar surface area (TPSA) is 46.3 Å². The van der Waals surface area contributed by atoms with Crippen LogP contribution in [-0.2, 0) is 10.2 Å². The van der Waals surface area contributed by atoms with Crippen molar-refractivity contribution in [3.05, 3.63) is 47.5 Å². The second-order valence-corrected chi connectivity index (χ2v) is 11.9. The zero-order valence-electron chi connectivity index (χ0n) is 19.7. The number of carbonyl (C=O) groups is 1. The maximum Gasteiger partial charge on any atom is 0.228 e. The summed E-state index contributed by atoms with van der Waals surface area (Å²) < 4.78 is 0. The van der Waals surface area contributed by atoms with Gasteiger partial charge in [-0.3, -0.25) is 4.79 Å². The maximum atomic E-state index is 14.2. The van der Waals surface area contributed by atoms with Crippen LogP contribution in [0.1, 0.15) is 77.7 Å². The third-order valence-corrected chi connectivity index (χ3v) is 9.28. The van der Waals surface area contributed by atoms with Crippen molar-refractivity contribution in [2.45, 2.75) is 83.6 Å². The predicted octanol–water partition coefficient (Wildman–Crippen LogP) is 5.45. The molecule has 4 saturated carbocycles. The maximum absolute atomic E-state index is 14.2. The van der Waals surface area contributed by atoms with Crippen LogP contribution in [0.2, 0.25) is 0 Å². The Balaban J connectivity index is 1.50. The fourth-order valence-corrected chi connectivity index (χ4v) is 7.85. The van der Waals surface area contributed by atoms with E-state index in [0.717, 1.165) is 38.8 Å². The number of allylic oxidation sites excluding steroid dienone is 2. The summed E-state index contributed by atoms with van der Waals surface area (Å²) >= 11 is 0. The average molecular weight is 421 g/mol. The average Bonchev–Trinajstić information content (AvgIpc) is 2.75. The van der Waals surface area contributed by atoms with Gasteiger partial charge >= 0.3 is 0 Å². The summed E-state index contributed by atoms with van der Waals surface area (Å²) in [5.41, 5.74) is 9.56. The Morgan fingerprint density at radius 1 is 1.13 bits per heavy atom. The van der Waals surface area contributed by atoms with Crippen LogP contribution in [0.5, 0.6) is 0 Å². The van der Waals surface area contributed by atoms with Crippen molar-refractivity contribution in [2.75, 3.05) is 13.1 Å². The van der Waals surface area contributed by atoms with Gasteiger partial charge in [0.25, 0.3) is 0 Å². The summed E-state index contributed by atoms with van der Waals surface area (Å²) in [5.74, 6) is 1.60. The van der Waals surface area contributed by atoms with E-state index < -0.39 is 0 Å². The first kappa shape index (κ1) is 21.2. The molecule has 5 aliphatic rings. The quantitative estimate of drug-likeness (QED) is 0.659. The summed E-state index contributed by atoms with van der Waals surface area (Å²) in [5, 5.41) is 0. The molecule has 1 aromatic carbocycles. The Labute approximate surface area is 188 Å². The van der Waals surface area contributed by atoms with E-state index in [-0.39, 0.29) is 22.3 Å². The SMILES string of the molecule is CCCC=C1C2CC3(C(=O)N4CC[C@H](N)C(C)(C)C4)CC1CC(c1ccccc1)(C2)C3. The van der Waals surface area contributed by atoms with Crippen LogP contribution in [0.3, 0.4) is 0 Å². The highest BCUT2D eigenvalue weighted by Gasteiger charge is 2.63. The number of hydrogen-bond acceptors (Lipinski definition) is 2. The lowest BCUT2D eigenvalue weighted by atomic mass is 9.41. The summed E-state index contributed by atoms with van der Waals surface area (Å²) in [7, 11) is 0. The molecule has 1 aliphatic heterocycles. The first-order chi connectivity index (χ1) is 14.8. The van der Waals surface area contributed by atoms with Crippen molar-refractivity contribution in [1.29, 1.82) is 0 Å². The fraction of sp³-hybridized carbons (Fsp3) is 0.679. The molecule has 0 radical (unpaired) electrons. The van der Waals surface area contributed by atoms with E-state index in [1.54, 1.807) is 5.57 Å². The van der Waals surface area contributed by atoms with Gasteiger partial charge in [-0.15, -0.1) is 0 Å². The molecule has 31 heavy (non-hydrogen) atoms. The van der Waals surface area contributed by atoms with E-state index >= 15 is 0 Å². The van der Waals surface area contributed by atoms with Crippen LogP contribution in [0.15, 0.2) is 42.0 Å². The van der Waals surface area contributed by atoms with E-state index in [1.807, 2.05) is 0 Å². The van der Waals surface area contributed by atoms with Gasteiger partial charge < -0.3 is 10.6 Å². The number of hydrogen-bond donors (Lipinski definition) is 1. The largest absolute Gasteiger partial charge is 0.342 e. The number of carbonyl (C=O) groups excluding carboxylic acids is 1. The lowest BCUT2D eigenvalue weighted by molar-refractivity contribution is -0.159. The monoisotopic (exact) mass is 420 g/mol. The lowest BCUT2D eigenvalue weighted by Crippen LogP contribution is -2.63. The zero-order valence-corrected chi connectivity index (χ0v) is 19.7. The van der Waals surface area contributed by atoms with Crippen molar-refractivity contribution in [3.63, 3.8) is 0 Å². The second-order valence-electron chi connectivity index (χ2n) is 11.9. The van der Waals surface area contributed by atoms with Crippen LogP contribution in [0, 0.1) is 22.7 Å². The minimum atomic E-state index is -0.178. The normalized spacial score (nSPS) is 38.4. The number of rotatable bonds is 4. The molecular formula is C28H40N2O. The van der Waals surface area contributed by atoms with Crippen molar-refractivity contribution < 1.29 is 4.79 Å². The lowest BCUT2D eigenvalue weighted by Gasteiger charge is -2.63. The molecule has 4 aliphatic carbocycles. The number of nitrogens with zero attached hydrogens (tertiary/aromatic N) is 1. The summed E-state index contributed by atoms with van der Waals surface area (Å²) in [4.78, 5) is 16.4. The van der Waals surface area contributed by atoms with Gasteiger partial charge in [-0.1, -0.05) is 69.2 Å². The Bertz CT molecular complexity index is 852. The molecule has 4 bridgehead atoms. The molecule has 3 nitrogen and oxygen atoms in total. The summed E-state index contributed by atoms with van der Waals surface area (Å²) in [6.07, 6.45) is 11.5. The molecule has 0 spiro atoms. The van der Waals surface area contributed by atoms with Crippen LogP contribution in [0.25, 0.3) is 0 Å². The molecule has 2 unspecified atom stereocenters. The van der Waals surface area contributed by atoms with Gasteiger partial charge in [0.15, 0.2) is 0 Å². The fourth-order valence-electron chi connectivity index (χ4n) is 7.85. The first-order valence-corrected chi connectivity index (χ1v) is 12.6. The van der Waals surface area contributed by atoms with Gasteiger partial charge in [0.2, 0.25) is 5.91 Å². The van der Waals surface area contributed by atoms with Gasteiger partial charge in [0.05, 0.1) is 5.41 Å². The highest BCUT2D eigenvalue weighted by Crippen LogP contribution is 2.68. The van der Waals surface area contributed by atoms with E-state index in [0.29, 0.717) is 17.7 Å². The Hall–Kier alpha value is -1.61. The molecular weight excluding hydrogens is 380 g/mol. The molecule has 1 amide bonds. The number of piperidine rings is 1. The van der Waals surface area contributed by atoms with Crippen LogP contribution >= 0.6 is 0 Å². The molecule has 168 valence electrons. The smallest absolute Gasteiger partial charge is 0.228 e. The molecule has 3 heteroatoms. The Morgan fingerprint density at radius 2 is 1.81 bits per heavy atom. The molecule has 5 fully saturated rings. The van der Waals surface area contributed by atoms with Crippen molar-refractivity contribution in [1.82, 2.24) is 4.90 Å². The Morgan fingerprint density at radius 3 is 2.42 bits per heavy atom. The van der Waals surface area contributed by atoms with Gasteiger partial charge in [-0.2, -0.15) is 0 Å². The minimum Gasteiger partial charge on any atom is -0.342 e. The number of amides is 1. The number of benzene rings is 1. The van der Waals surface area contributed by atoms with Gasteiger partial charge in [0.1, 0.15) is 0 Å².